The molecule has 0 aliphatic heterocycles. The molecule has 0 aromatic rings. The van der Waals surface area contributed by atoms with Gasteiger partial charge in [0.15, 0.2) is 0 Å². The van der Waals surface area contributed by atoms with Crippen LogP contribution in [0.4, 0.5) is 0 Å². The molecule has 0 saturated heterocycles. The van der Waals surface area contributed by atoms with Crippen molar-refractivity contribution in [2.45, 2.75) is 226 Å². The maximum atomic E-state index is 14.2. The minimum absolute atomic E-state index is 0.0204. The van der Waals surface area contributed by atoms with Gasteiger partial charge in [0.25, 0.3) is 0 Å². The van der Waals surface area contributed by atoms with E-state index in [1.54, 1.807) is 6.92 Å². The Bertz CT molecular complexity index is 952. The van der Waals surface area contributed by atoms with Crippen LogP contribution in [0, 0.1) is 5.41 Å². The third-order valence-corrected chi connectivity index (χ3v) is 11.2. The first-order valence-corrected chi connectivity index (χ1v) is 22.9. The van der Waals surface area contributed by atoms with Crippen LogP contribution in [0.3, 0.4) is 0 Å². The Labute approximate surface area is 334 Å². The molecule has 54 heavy (non-hydrogen) atoms. The summed E-state index contributed by atoms with van der Waals surface area (Å²) in [5, 5.41) is 9.86. The minimum Gasteiger partial charge on any atom is -0.465 e. The summed E-state index contributed by atoms with van der Waals surface area (Å²) in [4.78, 5) is 40.2. The van der Waals surface area contributed by atoms with Crippen molar-refractivity contribution < 1.29 is 19.1 Å². The standard InChI is InChI=1S/C47H89N3O4/c1-7-10-12-14-16-18-20-22-24-26-28-30-32-34-36-38-43(51)40-46(42-54-45(53)9-3,41-47(48-4,49-5)50-6)44(52)39-37-35-33-31-29-27-25-23-21-19-17-15-13-11-8-2/h22-25,48-50H,7-21,26-42H2,1-6H3/t46-/m1/s1. The molecule has 0 aliphatic rings. The number of carbonyl (C=O) groups is 3. The summed E-state index contributed by atoms with van der Waals surface area (Å²) < 4.78 is 5.71. The van der Waals surface area contributed by atoms with Gasteiger partial charge in [-0.2, -0.15) is 0 Å². The molecular weight excluding hydrogens is 671 g/mol. The molecule has 0 aromatic carbocycles. The quantitative estimate of drug-likeness (QED) is 0.0247. The summed E-state index contributed by atoms with van der Waals surface area (Å²) >= 11 is 0. The monoisotopic (exact) mass is 760 g/mol. The zero-order chi connectivity index (χ0) is 40.0. The Kier molecular flexibility index (Phi) is 35.5. The highest BCUT2D eigenvalue weighted by Crippen LogP contribution is 2.36. The van der Waals surface area contributed by atoms with Gasteiger partial charge in [0.1, 0.15) is 24.0 Å². The number of rotatable bonds is 41. The molecule has 0 spiro atoms. The Morgan fingerprint density at radius 1 is 0.500 bits per heavy atom. The summed E-state index contributed by atoms with van der Waals surface area (Å²) in [6.07, 6.45) is 42.1. The minimum atomic E-state index is -1.11. The molecule has 316 valence electrons. The van der Waals surface area contributed by atoms with Crippen molar-refractivity contribution in [3.63, 3.8) is 0 Å². The van der Waals surface area contributed by atoms with Gasteiger partial charge in [-0.25, -0.2) is 0 Å². The molecule has 0 bridgehead atoms. The van der Waals surface area contributed by atoms with E-state index >= 15 is 0 Å². The molecule has 0 radical (unpaired) electrons. The molecular formula is C47H89N3O4. The predicted molar refractivity (Wildman–Crippen MR) is 232 cm³/mol. The molecule has 3 N–H and O–H groups in total. The van der Waals surface area contributed by atoms with Gasteiger partial charge >= 0.3 is 5.97 Å². The molecule has 0 heterocycles. The van der Waals surface area contributed by atoms with Gasteiger partial charge in [-0.05, 0) is 85.4 Å². The van der Waals surface area contributed by atoms with Crippen molar-refractivity contribution in [2.75, 3.05) is 27.7 Å². The average Bonchev–Trinajstić information content (AvgIpc) is 3.18. The molecule has 0 saturated carbocycles. The number of nitrogens with one attached hydrogen (secondary N) is 3. The fourth-order valence-corrected chi connectivity index (χ4v) is 7.39. The van der Waals surface area contributed by atoms with E-state index in [1.165, 1.54) is 109 Å². The first-order valence-electron chi connectivity index (χ1n) is 22.9. The predicted octanol–water partition coefficient (Wildman–Crippen LogP) is 12.2. The normalized spacial score (nSPS) is 13.2. The van der Waals surface area contributed by atoms with Gasteiger partial charge in [-0.15, -0.1) is 0 Å². The molecule has 0 amide bonds. The molecule has 0 rings (SSSR count). The summed E-state index contributed by atoms with van der Waals surface area (Å²) in [6.45, 7) is 6.21. The van der Waals surface area contributed by atoms with Crippen LogP contribution < -0.4 is 16.0 Å². The second-order valence-electron chi connectivity index (χ2n) is 15.9. The largest absolute Gasteiger partial charge is 0.465 e. The van der Waals surface area contributed by atoms with E-state index in [4.69, 9.17) is 4.74 Å². The first kappa shape index (κ1) is 52.2. The molecule has 0 unspecified atom stereocenters. The van der Waals surface area contributed by atoms with E-state index in [-0.39, 0.29) is 37.0 Å². The van der Waals surface area contributed by atoms with Crippen LogP contribution in [0.2, 0.25) is 0 Å². The summed E-state index contributed by atoms with van der Waals surface area (Å²) in [5.74, 6) is -1.04. The van der Waals surface area contributed by atoms with Crippen LogP contribution in [-0.2, 0) is 19.1 Å². The third kappa shape index (κ3) is 27.7. The van der Waals surface area contributed by atoms with Gasteiger partial charge in [0.05, 0.1) is 5.41 Å². The fourth-order valence-electron chi connectivity index (χ4n) is 7.39. The van der Waals surface area contributed by atoms with Crippen LogP contribution in [0.5, 0.6) is 0 Å². The number of ketones is 2. The zero-order valence-corrected chi connectivity index (χ0v) is 36.6. The van der Waals surface area contributed by atoms with Crippen molar-refractivity contribution in [1.29, 1.82) is 0 Å². The second kappa shape index (κ2) is 36.8. The lowest BCUT2D eigenvalue weighted by Crippen LogP contribution is -2.66. The van der Waals surface area contributed by atoms with Crippen molar-refractivity contribution in [1.82, 2.24) is 16.0 Å². The van der Waals surface area contributed by atoms with E-state index in [1.807, 2.05) is 21.1 Å². The van der Waals surface area contributed by atoms with E-state index in [0.29, 0.717) is 19.3 Å². The van der Waals surface area contributed by atoms with Gasteiger partial charge < -0.3 is 4.74 Å². The highest BCUT2D eigenvalue weighted by Gasteiger charge is 2.46. The summed E-state index contributed by atoms with van der Waals surface area (Å²) in [5.41, 5.74) is -1.11. The SMILES string of the molecule is CCCCCCCCC=CCCCCCCCC(=O)C[C@](COC(=O)CC)(CC(NC)(NC)NC)C(=O)CCCCCCCC=CCCCCCCCC. The van der Waals surface area contributed by atoms with Crippen molar-refractivity contribution in [3.05, 3.63) is 24.3 Å². The number of hydrogen-bond donors (Lipinski definition) is 3. The van der Waals surface area contributed by atoms with Crippen molar-refractivity contribution in [2.24, 2.45) is 5.41 Å². The van der Waals surface area contributed by atoms with Crippen molar-refractivity contribution >= 4 is 17.5 Å². The van der Waals surface area contributed by atoms with Crippen LogP contribution in [0.25, 0.3) is 0 Å². The summed E-state index contributed by atoms with van der Waals surface area (Å²) in [6, 6.07) is 0. The first-order chi connectivity index (χ1) is 26.3. The van der Waals surface area contributed by atoms with E-state index in [2.05, 4.69) is 54.1 Å². The lowest BCUT2D eigenvalue weighted by molar-refractivity contribution is -0.154. The Morgan fingerprint density at radius 3 is 1.26 bits per heavy atom. The van der Waals surface area contributed by atoms with E-state index < -0.39 is 11.2 Å². The van der Waals surface area contributed by atoms with Crippen LogP contribution in [0.1, 0.15) is 220 Å². The second-order valence-corrected chi connectivity index (χ2v) is 15.9. The molecule has 0 aromatic heterocycles. The lowest BCUT2D eigenvalue weighted by atomic mass is 9.72. The number of ether oxygens (including phenoxy) is 1. The summed E-state index contributed by atoms with van der Waals surface area (Å²) in [7, 11) is 5.49. The highest BCUT2D eigenvalue weighted by molar-refractivity contribution is 5.91. The van der Waals surface area contributed by atoms with Gasteiger partial charge in [-0.1, -0.05) is 148 Å². The average molecular weight is 760 g/mol. The Hall–Kier alpha value is -1.83. The lowest BCUT2D eigenvalue weighted by Gasteiger charge is -2.42. The van der Waals surface area contributed by atoms with Crippen LogP contribution >= 0.6 is 0 Å². The fraction of sp³-hybridized carbons (Fsp3) is 0.851. The van der Waals surface area contributed by atoms with Gasteiger partial charge in [0, 0.05) is 32.1 Å². The molecule has 7 nitrogen and oxygen atoms in total. The van der Waals surface area contributed by atoms with Crippen LogP contribution in [0.15, 0.2) is 24.3 Å². The third-order valence-electron chi connectivity index (χ3n) is 11.2. The van der Waals surface area contributed by atoms with Gasteiger partial charge in [-0.3, -0.25) is 30.3 Å². The topological polar surface area (TPSA) is 96.5 Å². The number of allylic oxidation sites excluding steroid dienone is 4. The smallest absolute Gasteiger partial charge is 0.305 e. The molecule has 0 fully saturated rings. The Morgan fingerprint density at radius 2 is 0.870 bits per heavy atom. The van der Waals surface area contributed by atoms with Crippen molar-refractivity contribution in [3.8, 4) is 0 Å². The Balaban J connectivity index is 4.97. The number of Topliss-reactive ketones (excluding diaryl/α,β-unsaturated/α-hetero) is 2. The number of carbonyl (C=O) groups excluding carboxylic acids is 3. The maximum absolute atomic E-state index is 14.2. The maximum Gasteiger partial charge on any atom is 0.305 e. The van der Waals surface area contributed by atoms with Gasteiger partial charge in [0.2, 0.25) is 0 Å². The molecule has 1 atom stereocenters. The zero-order valence-electron chi connectivity index (χ0n) is 36.6. The van der Waals surface area contributed by atoms with E-state index in [0.717, 1.165) is 57.8 Å². The molecule has 0 aliphatic carbocycles. The van der Waals surface area contributed by atoms with E-state index in [9.17, 15) is 14.4 Å². The molecule has 7 heteroatoms. The number of esters is 1. The number of unbranched alkanes of at least 4 members (excludes halogenated alkanes) is 22. The number of hydrogen-bond acceptors (Lipinski definition) is 7. The van der Waals surface area contributed by atoms with Crippen LogP contribution in [-0.4, -0.2) is 51.1 Å². The highest BCUT2D eigenvalue weighted by atomic mass is 16.5.